The number of hydrogen-bond acceptors (Lipinski definition) is 6. The van der Waals surface area contributed by atoms with Crippen molar-refractivity contribution >= 4 is 5.84 Å². The van der Waals surface area contributed by atoms with Crippen molar-refractivity contribution < 1.29 is 19.2 Å². The van der Waals surface area contributed by atoms with Crippen LogP contribution in [0.3, 0.4) is 0 Å². The number of rotatable bonds is 3. The molecule has 2 heterocycles. The Kier molecular flexibility index (Phi) is 3.33. The van der Waals surface area contributed by atoms with Gasteiger partial charge in [-0.25, -0.2) is 4.99 Å². The van der Waals surface area contributed by atoms with Gasteiger partial charge in [0.15, 0.2) is 10.8 Å². The first-order chi connectivity index (χ1) is 13.6. The van der Waals surface area contributed by atoms with E-state index >= 15 is 0 Å². The Hall–Kier alpha value is -3.39. The lowest BCUT2D eigenvalue weighted by Crippen LogP contribution is -2.89. The van der Waals surface area contributed by atoms with E-state index in [4.69, 9.17) is 19.9 Å². The van der Waals surface area contributed by atoms with Gasteiger partial charge in [0.2, 0.25) is 0 Å². The Morgan fingerprint density at radius 3 is 2.39 bits per heavy atom. The van der Waals surface area contributed by atoms with Crippen molar-refractivity contribution in [3.8, 4) is 23.6 Å². The third-order valence-corrected chi connectivity index (χ3v) is 5.86. The largest absolute Gasteiger partial charge is 0.457 e. The second-order valence-corrected chi connectivity index (χ2v) is 7.11. The fraction of sp³-hybridized carbons (Fsp3) is 0.286. The Bertz CT molecular complexity index is 1070. The molecule has 1 saturated carbocycles. The number of nitrogens with zero attached hydrogens (tertiary/aromatic N) is 2. The lowest BCUT2D eigenvalue weighted by Gasteiger charge is -2.23. The van der Waals surface area contributed by atoms with Crippen LogP contribution in [-0.4, -0.2) is 25.0 Å². The van der Waals surface area contributed by atoms with E-state index in [0.717, 1.165) is 5.56 Å². The van der Waals surface area contributed by atoms with Crippen LogP contribution >= 0.6 is 0 Å². The molecule has 3 aliphatic rings. The van der Waals surface area contributed by atoms with E-state index < -0.39 is 22.7 Å². The number of nitrogens with one attached hydrogen (secondary N) is 1. The average Bonchev–Trinajstić information content (AvgIpc) is 2.98. The fourth-order valence-electron chi connectivity index (χ4n) is 4.70. The molecule has 7 heteroatoms. The highest BCUT2D eigenvalue weighted by atomic mass is 16.8. The van der Waals surface area contributed by atoms with Gasteiger partial charge in [0, 0.05) is 5.92 Å². The Morgan fingerprint density at radius 1 is 1.00 bits per heavy atom. The molecule has 1 saturated heterocycles. The minimum atomic E-state index is -1.40. The van der Waals surface area contributed by atoms with Gasteiger partial charge in [-0.05, 0) is 29.8 Å². The lowest BCUT2D eigenvalue weighted by molar-refractivity contribution is -0.676. The third-order valence-electron chi connectivity index (χ3n) is 5.86. The highest BCUT2D eigenvalue weighted by Gasteiger charge is 2.97. The molecule has 7 nitrogen and oxygen atoms in total. The smallest absolute Gasteiger partial charge is 0.343 e. The van der Waals surface area contributed by atoms with Crippen molar-refractivity contribution in [1.29, 1.82) is 10.5 Å². The van der Waals surface area contributed by atoms with Crippen LogP contribution < -0.4 is 15.5 Å². The van der Waals surface area contributed by atoms with Crippen molar-refractivity contribution in [2.75, 3.05) is 13.2 Å². The first-order valence-electron chi connectivity index (χ1n) is 8.98. The minimum Gasteiger partial charge on any atom is -0.457 e. The van der Waals surface area contributed by atoms with E-state index in [-0.39, 0.29) is 5.84 Å². The Balaban J connectivity index is 1.58. The molecule has 3 atom stereocenters. The van der Waals surface area contributed by atoms with Crippen LogP contribution in [-0.2, 0) is 9.47 Å². The van der Waals surface area contributed by atoms with Crippen molar-refractivity contribution in [1.82, 2.24) is 0 Å². The zero-order valence-electron chi connectivity index (χ0n) is 14.9. The summed E-state index contributed by atoms with van der Waals surface area (Å²) in [6.07, 6.45) is 0. The lowest BCUT2D eigenvalue weighted by atomic mass is 9.94. The van der Waals surface area contributed by atoms with E-state index in [1.165, 1.54) is 0 Å². The summed E-state index contributed by atoms with van der Waals surface area (Å²) in [6, 6.07) is 21.4. The van der Waals surface area contributed by atoms with E-state index in [0.29, 0.717) is 24.7 Å². The zero-order chi connectivity index (χ0) is 19.4. The number of hydrogen-bond donors (Lipinski definition) is 2. The maximum absolute atomic E-state index is 10.1. The van der Waals surface area contributed by atoms with Gasteiger partial charge in [-0.2, -0.15) is 10.5 Å². The molecule has 0 radical (unpaired) electrons. The van der Waals surface area contributed by atoms with Gasteiger partial charge in [-0.15, -0.1) is 0 Å². The summed E-state index contributed by atoms with van der Waals surface area (Å²) >= 11 is 0. The van der Waals surface area contributed by atoms with Crippen LogP contribution in [0.1, 0.15) is 11.5 Å². The minimum absolute atomic E-state index is 0.206. The molecule has 0 unspecified atom stereocenters. The summed E-state index contributed by atoms with van der Waals surface area (Å²) in [5.41, 5.74) is 4.50. The van der Waals surface area contributed by atoms with Crippen molar-refractivity contribution in [3.63, 3.8) is 0 Å². The maximum Gasteiger partial charge on any atom is 0.343 e. The van der Waals surface area contributed by atoms with Crippen LogP contribution in [0.4, 0.5) is 0 Å². The summed E-state index contributed by atoms with van der Waals surface area (Å²) in [4.78, 5) is 2.94. The summed E-state index contributed by atoms with van der Waals surface area (Å²) < 4.78 is 17.5. The number of fused-ring (bicyclic) bond motifs is 2. The van der Waals surface area contributed by atoms with E-state index in [1.807, 2.05) is 54.6 Å². The summed E-state index contributed by atoms with van der Waals surface area (Å²) in [6.45, 7) is 0.657. The summed E-state index contributed by atoms with van der Waals surface area (Å²) in [5.74, 6) is -0.370. The molecule has 3 N–H and O–H groups in total. The molecular formula is C21H17N4O3+. The molecule has 2 aromatic rings. The van der Waals surface area contributed by atoms with Crippen molar-refractivity contribution in [3.05, 3.63) is 60.2 Å². The van der Waals surface area contributed by atoms with Crippen LogP contribution in [0.2, 0.25) is 0 Å². The molecule has 0 amide bonds. The van der Waals surface area contributed by atoms with Crippen molar-refractivity contribution in [2.45, 2.75) is 11.8 Å². The number of ether oxygens (including phenoxy) is 3. The molecular weight excluding hydrogens is 356 g/mol. The first-order valence-corrected chi connectivity index (χ1v) is 8.98. The molecule has 1 spiro atoms. The van der Waals surface area contributed by atoms with Crippen LogP contribution in [0.15, 0.2) is 54.6 Å². The van der Waals surface area contributed by atoms with Crippen molar-refractivity contribution in [2.24, 2.45) is 16.6 Å². The normalized spacial score (nSPS) is 31.5. The topological polar surface area (TPSA) is 115 Å². The third kappa shape index (κ3) is 1.80. The van der Waals surface area contributed by atoms with Crippen LogP contribution in [0.5, 0.6) is 11.5 Å². The van der Waals surface area contributed by atoms with Crippen LogP contribution in [0.25, 0.3) is 0 Å². The molecule has 28 heavy (non-hydrogen) atoms. The van der Waals surface area contributed by atoms with E-state index in [1.54, 1.807) is 0 Å². The summed E-state index contributed by atoms with van der Waals surface area (Å²) in [7, 11) is 0. The SMILES string of the molecule is N#C[C@@]12C(N)=[NH+]C3(OCCO3)[C@]1(C#N)[C@H]2c1cccc(Oc2ccccc2)c1. The van der Waals surface area contributed by atoms with Gasteiger partial charge in [-0.1, -0.05) is 30.3 Å². The molecule has 5 rings (SSSR count). The standard InChI is InChI=1S/C21H16N4O3/c22-12-19-17(20(19,13-23)21(25-18(19)24)26-9-10-27-21)14-5-4-8-16(11-14)28-15-6-2-1-3-7-15/h1-8,11,17H,9-10H2,(H2,24,25)/p+1/t17-,19+,20+/m0/s1. The first kappa shape index (κ1) is 16.8. The molecule has 0 bridgehead atoms. The maximum atomic E-state index is 10.1. The van der Waals surface area contributed by atoms with Gasteiger partial charge in [-0.3, -0.25) is 5.73 Å². The molecule has 2 fully saturated rings. The van der Waals surface area contributed by atoms with Crippen LogP contribution in [0, 0.1) is 33.5 Å². The molecule has 2 aliphatic heterocycles. The number of nitriles is 2. The van der Waals surface area contributed by atoms with E-state index in [9.17, 15) is 10.5 Å². The average molecular weight is 373 g/mol. The zero-order valence-corrected chi connectivity index (χ0v) is 14.9. The predicted octanol–water partition coefficient (Wildman–Crippen LogP) is 0.748. The molecule has 138 valence electrons. The molecule has 1 aliphatic carbocycles. The fourth-order valence-corrected chi connectivity index (χ4v) is 4.70. The quantitative estimate of drug-likeness (QED) is 0.820. The van der Waals surface area contributed by atoms with E-state index in [2.05, 4.69) is 17.1 Å². The van der Waals surface area contributed by atoms with Gasteiger partial charge in [0.1, 0.15) is 11.5 Å². The van der Waals surface area contributed by atoms with Gasteiger partial charge in [0.25, 0.3) is 5.84 Å². The number of benzene rings is 2. The van der Waals surface area contributed by atoms with Gasteiger partial charge >= 0.3 is 5.91 Å². The second-order valence-electron chi connectivity index (χ2n) is 7.11. The number of nitrogens with two attached hydrogens (primary N) is 1. The van der Waals surface area contributed by atoms with Gasteiger partial charge in [0.05, 0.1) is 25.4 Å². The Morgan fingerprint density at radius 2 is 1.71 bits per heavy atom. The highest BCUT2D eigenvalue weighted by molar-refractivity contribution is 5.95. The molecule has 0 aromatic heterocycles. The number of para-hydroxylation sites is 1. The monoisotopic (exact) mass is 373 g/mol. The number of amidine groups is 1. The van der Waals surface area contributed by atoms with Gasteiger partial charge < -0.3 is 14.2 Å². The second kappa shape index (κ2) is 5.56. The molecule has 2 aromatic carbocycles. The predicted molar refractivity (Wildman–Crippen MR) is 96.6 cm³/mol. The highest BCUT2D eigenvalue weighted by Crippen LogP contribution is 2.79. The Labute approximate surface area is 161 Å². The summed E-state index contributed by atoms with van der Waals surface area (Å²) in [5, 5.41) is 20.2.